The number of hydrogen-bond acceptors (Lipinski definition) is 6. The molecule has 11 aromatic carbocycles. The van der Waals surface area contributed by atoms with Crippen molar-refractivity contribution in [3.05, 3.63) is 271 Å². The predicted molar refractivity (Wildman–Crippen MR) is 331 cm³/mol. The Morgan fingerprint density at radius 3 is 0.988 bits per heavy atom. The molecule has 0 unspecified atom stereocenters. The van der Waals surface area contributed by atoms with E-state index in [9.17, 15) is 21.0 Å². The predicted octanol–water partition coefficient (Wildman–Crippen LogP) is 17.6. The summed E-state index contributed by atoms with van der Waals surface area (Å²) in [6, 6.07) is 93.2. The molecule has 382 valence electrons. The van der Waals surface area contributed by atoms with Gasteiger partial charge in [0.05, 0.1) is 91.0 Å². The van der Waals surface area contributed by atoms with Gasteiger partial charge < -0.3 is 13.7 Å². The molecule has 0 aliphatic rings. The van der Waals surface area contributed by atoms with Gasteiger partial charge in [0.2, 0.25) is 0 Å². The molecule has 0 atom stereocenters. The lowest BCUT2D eigenvalue weighted by Crippen LogP contribution is -1.97. The zero-order valence-corrected chi connectivity index (χ0v) is 44.2. The van der Waals surface area contributed by atoms with Crippen LogP contribution >= 0.6 is 0 Å². The summed E-state index contributed by atoms with van der Waals surface area (Å²) in [6.07, 6.45) is 0. The molecule has 15 rings (SSSR count). The summed E-state index contributed by atoms with van der Waals surface area (Å²) in [4.78, 5) is 9.86. The third-order valence-corrected chi connectivity index (χ3v) is 16.0. The summed E-state index contributed by atoms with van der Waals surface area (Å²) in [6.45, 7) is 0. The molecule has 4 heterocycles. The van der Waals surface area contributed by atoms with Crippen LogP contribution < -0.4 is 0 Å². The number of nitrogens with zero attached hydrogens (tertiary/aromatic N) is 9. The van der Waals surface area contributed by atoms with Crippen molar-refractivity contribution < 1.29 is 0 Å². The fourth-order valence-electron chi connectivity index (χ4n) is 12.1. The molecule has 0 radical (unpaired) electrons. The Balaban J connectivity index is 0.814. The van der Waals surface area contributed by atoms with Crippen LogP contribution in [0.5, 0.6) is 0 Å². The van der Waals surface area contributed by atoms with Crippen LogP contribution in [-0.2, 0) is 0 Å². The smallest absolute Gasteiger partial charge is 0.160 e. The first-order chi connectivity index (χ1) is 40.9. The van der Waals surface area contributed by atoms with Crippen molar-refractivity contribution in [2.75, 3.05) is 0 Å². The van der Waals surface area contributed by atoms with Gasteiger partial charge in [0, 0.05) is 77.2 Å². The number of aromatic nitrogens is 5. The highest BCUT2D eigenvalue weighted by molar-refractivity contribution is 6.14. The summed E-state index contributed by atoms with van der Waals surface area (Å²) >= 11 is 0. The molecule has 83 heavy (non-hydrogen) atoms. The quantitative estimate of drug-likeness (QED) is 0.149. The Morgan fingerprint density at radius 2 is 0.590 bits per heavy atom. The van der Waals surface area contributed by atoms with E-state index in [-0.39, 0.29) is 0 Å². The Morgan fingerprint density at radius 1 is 0.265 bits per heavy atom. The van der Waals surface area contributed by atoms with Gasteiger partial charge in [0.15, 0.2) is 5.82 Å². The molecule has 0 aliphatic heterocycles. The summed E-state index contributed by atoms with van der Waals surface area (Å²) in [7, 11) is 0. The third-order valence-electron chi connectivity index (χ3n) is 16.0. The van der Waals surface area contributed by atoms with Crippen molar-refractivity contribution in [1.82, 2.24) is 23.7 Å². The maximum atomic E-state index is 10.8. The summed E-state index contributed by atoms with van der Waals surface area (Å²) in [5.74, 6) is 0.481. The van der Waals surface area contributed by atoms with E-state index < -0.39 is 0 Å². The summed E-state index contributed by atoms with van der Waals surface area (Å²) in [5.41, 5.74) is 18.3. The van der Waals surface area contributed by atoms with Crippen molar-refractivity contribution in [3.8, 4) is 97.5 Å². The number of nitriles is 4. The van der Waals surface area contributed by atoms with E-state index >= 15 is 0 Å². The summed E-state index contributed by atoms with van der Waals surface area (Å²) in [5, 5.41) is 47.4. The molecular weight excluding hydrogens is 1010 g/mol. The molecule has 0 saturated heterocycles. The first-order valence-electron chi connectivity index (χ1n) is 27.1. The minimum absolute atomic E-state index is 0.435. The lowest BCUT2D eigenvalue weighted by Gasteiger charge is -2.13. The third kappa shape index (κ3) is 7.90. The number of fused-ring (bicyclic) bond motifs is 9. The Hall–Kier alpha value is -12.1. The summed E-state index contributed by atoms with van der Waals surface area (Å²) < 4.78 is 7.06. The normalized spacial score (nSPS) is 11.3. The minimum atomic E-state index is 0.435. The monoisotopic (exact) mass is 1060 g/mol. The maximum Gasteiger partial charge on any atom is 0.160 e. The van der Waals surface area contributed by atoms with E-state index in [0.29, 0.717) is 50.6 Å². The van der Waals surface area contributed by atoms with Gasteiger partial charge in [-0.25, -0.2) is 9.97 Å². The molecule has 0 bridgehead atoms. The minimum Gasteiger partial charge on any atom is -0.309 e. The largest absolute Gasteiger partial charge is 0.309 e. The maximum absolute atomic E-state index is 10.8. The highest BCUT2D eigenvalue weighted by atomic mass is 15.0. The molecule has 0 amide bonds. The van der Waals surface area contributed by atoms with Gasteiger partial charge in [-0.1, -0.05) is 121 Å². The van der Waals surface area contributed by atoms with E-state index in [2.05, 4.69) is 184 Å². The standard InChI is InChI=1S/C74H41N9/c75-42-46-17-21-50(22-18-46)66-41-67(80-74(79-66)52-23-19-47(43-76)20-24-52)51-27-25-48(26-28-51)62-37-54(45-78)63(38-53(62)44-77)49-29-31-55(32-30-49)81-72-35-33-56(82-68-13-5-1-9-58(68)59-10-2-6-14-69(59)82)39-64(72)65-40-57(34-36-73(65)81)83-70-15-7-3-11-60(70)61-12-4-8-16-71(61)83/h1-41H. The van der Waals surface area contributed by atoms with E-state index in [4.69, 9.17) is 9.97 Å². The molecule has 9 heteroatoms. The van der Waals surface area contributed by atoms with Gasteiger partial charge in [0.25, 0.3) is 0 Å². The number of benzene rings is 11. The highest BCUT2D eigenvalue weighted by Crippen LogP contribution is 2.41. The van der Waals surface area contributed by atoms with E-state index in [0.717, 1.165) is 88.8 Å². The second-order valence-electron chi connectivity index (χ2n) is 20.6. The van der Waals surface area contributed by atoms with Crippen LogP contribution in [0.15, 0.2) is 249 Å². The van der Waals surface area contributed by atoms with Crippen LogP contribution in [0.2, 0.25) is 0 Å². The zero-order chi connectivity index (χ0) is 55.7. The number of hydrogen-bond donors (Lipinski definition) is 0. The van der Waals surface area contributed by atoms with Crippen molar-refractivity contribution >= 4 is 65.4 Å². The van der Waals surface area contributed by atoms with Crippen molar-refractivity contribution in [2.45, 2.75) is 0 Å². The van der Waals surface area contributed by atoms with Gasteiger partial charge >= 0.3 is 0 Å². The van der Waals surface area contributed by atoms with Crippen LogP contribution in [0, 0.1) is 45.3 Å². The molecule has 15 aromatic rings. The average molecular weight is 1060 g/mol. The lowest BCUT2D eigenvalue weighted by molar-refractivity contribution is 1.16. The first kappa shape index (κ1) is 48.0. The molecule has 4 aromatic heterocycles. The van der Waals surface area contributed by atoms with E-state index in [1.54, 1.807) is 24.3 Å². The topological polar surface area (TPSA) is 136 Å². The van der Waals surface area contributed by atoms with Gasteiger partial charge in [0.1, 0.15) is 0 Å². The Kier molecular flexibility index (Phi) is 11.2. The molecule has 0 spiro atoms. The molecule has 0 saturated carbocycles. The van der Waals surface area contributed by atoms with Crippen molar-refractivity contribution in [1.29, 1.82) is 21.0 Å². The van der Waals surface area contributed by atoms with Crippen LogP contribution in [0.3, 0.4) is 0 Å². The van der Waals surface area contributed by atoms with Crippen LogP contribution in [0.1, 0.15) is 22.3 Å². The fraction of sp³-hybridized carbons (Fsp3) is 0. The van der Waals surface area contributed by atoms with Crippen molar-refractivity contribution in [3.63, 3.8) is 0 Å². The molecule has 0 N–H and O–H groups in total. The molecule has 9 nitrogen and oxygen atoms in total. The molecule has 0 aliphatic carbocycles. The van der Waals surface area contributed by atoms with Crippen LogP contribution in [0.4, 0.5) is 0 Å². The number of rotatable bonds is 8. The molecule has 0 fully saturated rings. The molecular formula is C74H41N9. The Labute approximate surface area is 476 Å². The van der Waals surface area contributed by atoms with Crippen LogP contribution in [-0.4, -0.2) is 23.7 Å². The fourth-order valence-corrected chi connectivity index (χ4v) is 12.1. The van der Waals surface area contributed by atoms with Crippen molar-refractivity contribution in [2.24, 2.45) is 0 Å². The number of para-hydroxylation sites is 4. The van der Waals surface area contributed by atoms with E-state index in [1.807, 2.05) is 78.9 Å². The van der Waals surface area contributed by atoms with Gasteiger partial charge in [-0.3, -0.25) is 0 Å². The SMILES string of the molecule is N#Cc1ccc(-c2cc(-c3ccc(-c4cc(C#N)c(-c5ccc(-n6c7ccc(-n8c9ccccc9c9ccccc98)cc7c7cc(-n8c9ccccc9c9ccccc98)ccc76)cc5)cc4C#N)cc3)nc(-c3ccc(C#N)cc3)n2)cc1. The first-order valence-corrected chi connectivity index (χ1v) is 27.1. The van der Waals surface area contributed by atoms with Gasteiger partial charge in [-0.15, -0.1) is 0 Å². The highest BCUT2D eigenvalue weighted by Gasteiger charge is 2.21. The second kappa shape index (κ2) is 19.3. The van der Waals surface area contributed by atoms with E-state index in [1.165, 1.54) is 21.5 Å². The Bertz CT molecular complexity index is 4990. The lowest BCUT2D eigenvalue weighted by atomic mass is 9.91. The van der Waals surface area contributed by atoms with Crippen LogP contribution in [0.25, 0.3) is 139 Å². The van der Waals surface area contributed by atoms with Gasteiger partial charge in [-0.05, 0) is 139 Å². The zero-order valence-electron chi connectivity index (χ0n) is 44.2. The van der Waals surface area contributed by atoms with Gasteiger partial charge in [-0.2, -0.15) is 21.0 Å². The second-order valence-corrected chi connectivity index (χ2v) is 20.6. The average Bonchev–Trinajstić information content (AvgIpc) is 3.03.